The number of rotatable bonds is 5. The quantitative estimate of drug-likeness (QED) is 0.159. The van der Waals surface area contributed by atoms with Gasteiger partial charge in [0.05, 0.1) is 6.61 Å². The van der Waals surface area contributed by atoms with Crippen LogP contribution in [0.3, 0.4) is 0 Å². The average Bonchev–Trinajstić information content (AvgIpc) is 3.16. The number of hydrogen-bond acceptors (Lipinski definition) is 5. The van der Waals surface area contributed by atoms with E-state index in [4.69, 9.17) is 13.9 Å². The summed E-state index contributed by atoms with van der Waals surface area (Å²) in [4.78, 5) is 24.1. The average molecular weight is 533 g/mol. The minimum atomic E-state index is -1.77. The van der Waals surface area contributed by atoms with E-state index in [1.807, 2.05) is 6.92 Å². The first kappa shape index (κ1) is 28.9. The van der Waals surface area contributed by atoms with E-state index < -0.39 is 20.3 Å². The molecule has 0 aliphatic heterocycles. The van der Waals surface area contributed by atoms with Crippen molar-refractivity contribution in [3.05, 3.63) is 11.6 Å². The molecule has 0 aromatic heterocycles. The zero-order valence-electron chi connectivity index (χ0n) is 24.9. The van der Waals surface area contributed by atoms with Crippen molar-refractivity contribution in [2.24, 2.45) is 34.5 Å². The smallest absolute Gasteiger partial charge is 0.417 e. The van der Waals surface area contributed by atoms with Crippen molar-refractivity contribution in [3.63, 3.8) is 0 Å². The van der Waals surface area contributed by atoms with Gasteiger partial charge in [-0.3, -0.25) is 0 Å². The van der Waals surface area contributed by atoms with E-state index in [9.17, 15) is 9.59 Å². The van der Waals surface area contributed by atoms with Crippen LogP contribution >= 0.6 is 0 Å². The van der Waals surface area contributed by atoms with Gasteiger partial charge in [-0.2, -0.15) is 0 Å². The molecule has 6 heteroatoms. The normalized spacial score (nSPS) is 38.5. The van der Waals surface area contributed by atoms with Crippen molar-refractivity contribution in [1.82, 2.24) is 0 Å². The van der Waals surface area contributed by atoms with Crippen LogP contribution in [0.2, 0.25) is 18.1 Å². The van der Waals surface area contributed by atoms with E-state index in [0.717, 1.165) is 18.8 Å². The Kier molecular flexibility index (Phi) is 7.89. The molecule has 1 unspecified atom stereocenters. The molecule has 8 atom stereocenters. The van der Waals surface area contributed by atoms with E-state index in [1.165, 1.54) is 38.5 Å². The van der Waals surface area contributed by atoms with Crippen molar-refractivity contribution in [3.8, 4) is 0 Å². The highest BCUT2D eigenvalue weighted by Crippen LogP contribution is 2.67. The van der Waals surface area contributed by atoms with Gasteiger partial charge in [0.2, 0.25) is 0 Å². The first-order valence-electron chi connectivity index (χ1n) is 14.9. The molecule has 3 saturated carbocycles. The summed E-state index contributed by atoms with van der Waals surface area (Å²) in [6.07, 6.45) is 12.1. The molecule has 4 rings (SSSR count). The summed E-state index contributed by atoms with van der Waals surface area (Å²) in [5.41, 5.74) is 2.11. The van der Waals surface area contributed by atoms with Crippen LogP contribution in [-0.4, -0.2) is 39.1 Å². The maximum absolute atomic E-state index is 12.2. The molecule has 0 radical (unpaired) electrons. The third kappa shape index (κ3) is 5.10. The van der Waals surface area contributed by atoms with Gasteiger partial charge >= 0.3 is 11.9 Å². The first-order valence-corrected chi connectivity index (χ1v) is 17.8. The van der Waals surface area contributed by atoms with E-state index >= 15 is 0 Å². The van der Waals surface area contributed by atoms with Crippen molar-refractivity contribution in [1.29, 1.82) is 0 Å². The van der Waals surface area contributed by atoms with Crippen LogP contribution in [0.15, 0.2) is 11.6 Å². The Morgan fingerprint density at radius 1 is 1.05 bits per heavy atom. The lowest BCUT2D eigenvalue weighted by Gasteiger charge is -2.58. The van der Waals surface area contributed by atoms with E-state index in [-0.39, 0.29) is 28.6 Å². The molecule has 0 saturated heterocycles. The lowest BCUT2D eigenvalue weighted by molar-refractivity contribution is -0.174. The van der Waals surface area contributed by atoms with E-state index in [1.54, 1.807) is 12.5 Å². The number of allylic oxidation sites excluding steroid dienone is 1. The highest BCUT2D eigenvalue weighted by Gasteiger charge is 2.60. The van der Waals surface area contributed by atoms with Crippen molar-refractivity contribution in [2.75, 3.05) is 6.61 Å². The minimum absolute atomic E-state index is 0.153. The number of carbonyl (C=O) groups excluding carboxylic acids is 2. The lowest BCUT2D eigenvalue weighted by Crippen LogP contribution is -2.52. The summed E-state index contributed by atoms with van der Waals surface area (Å²) in [7, 11) is -1.77. The molecule has 0 spiro atoms. The van der Waals surface area contributed by atoms with Crippen molar-refractivity contribution in [2.45, 2.75) is 130 Å². The molecule has 0 amide bonds. The summed E-state index contributed by atoms with van der Waals surface area (Å²) in [6.45, 7) is 20.6. The molecule has 0 heterocycles. The van der Waals surface area contributed by atoms with Gasteiger partial charge in [0, 0.05) is 12.0 Å². The lowest BCUT2D eigenvalue weighted by atomic mass is 9.47. The zero-order valence-corrected chi connectivity index (χ0v) is 25.9. The van der Waals surface area contributed by atoms with Gasteiger partial charge in [-0.15, -0.1) is 0 Å². The van der Waals surface area contributed by atoms with Gasteiger partial charge in [-0.1, -0.05) is 46.3 Å². The fourth-order valence-corrected chi connectivity index (χ4v) is 10.0. The minimum Gasteiger partial charge on any atom is -0.458 e. The van der Waals surface area contributed by atoms with Crippen LogP contribution in [0.5, 0.6) is 0 Å². The second kappa shape index (κ2) is 10.1. The Morgan fingerprint density at radius 3 is 2.41 bits per heavy atom. The third-order valence-corrected chi connectivity index (χ3v) is 16.2. The monoisotopic (exact) mass is 532 g/mol. The van der Waals surface area contributed by atoms with Gasteiger partial charge in [-0.25, -0.2) is 9.59 Å². The number of hydrogen-bond donors (Lipinski definition) is 0. The number of carbonyl (C=O) groups is 2. The maximum Gasteiger partial charge on any atom is 0.417 e. The molecule has 4 aliphatic rings. The molecule has 210 valence electrons. The Hall–Kier alpha value is -1.14. The number of ether oxygens (including phenoxy) is 2. The van der Waals surface area contributed by atoms with Gasteiger partial charge in [0.1, 0.15) is 6.10 Å². The maximum atomic E-state index is 12.2. The van der Waals surface area contributed by atoms with Crippen LogP contribution in [0.4, 0.5) is 0 Å². The highest BCUT2D eigenvalue weighted by atomic mass is 28.4. The molecule has 4 aliphatic carbocycles. The summed E-state index contributed by atoms with van der Waals surface area (Å²) in [6, 6.07) is 0. The molecule has 0 bridgehead atoms. The largest absolute Gasteiger partial charge is 0.458 e. The Morgan fingerprint density at radius 2 is 1.76 bits per heavy atom. The third-order valence-electron chi connectivity index (χ3n) is 11.7. The predicted octanol–water partition coefficient (Wildman–Crippen LogP) is 7.45. The fraction of sp³-hybridized carbons (Fsp3) is 0.871. The summed E-state index contributed by atoms with van der Waals surface area (Å²) in [5, 5.41) is 0.244. The molecule has 5 nitrogen and oxygen atoms in total. The van der Waals surface area contributed by atoms with Crippen LogP contribution in [0.25, 0.3) is 0 Å². The second-order valence-electron chi connectivity index (χ2n) is 14.6. The Labute approximate surface area is 226 Å². The first-order chi connectivity index (χ1) is 17.1. The molecule has 0 aromatic rings. The van der Waals surface area contributed by atoms with Crippen LogP contribution in [0, 0.1) is 34.5 Å². The topological polar surface area (TPSA) is 61.8 Å². The van der Waals surface area contributed by atoms with Crippen LogP contribution < -0.4 is 0 Å². The SMILES string of the molecule is CCOC(=O)C(=O)O[C@@H](C)[C@H]1CC[C@H]2[C@@H]3CC=C4CC(O[Si](C)(C)C(C)(C)C)CC[C@]4(C)[C@H]3CC[C@]12C. The van der Waals surface area contributed by atoms with E-state index in [0.29, 0.717) is 23.9 Å². The van der Waals surface area contributed by atoms with Crippen molar-refractivity contribution >= 4 is 20.3 Å². The number of esters is 2. The van der Waals surface area contributed by atoms with E-state index in [2.05, 4.69) is 53.8 Å². The van der Waals surface area contributed by atoms with Gasteiger partial charge < -0.3 is 13.9 Å². The van der Waals surface area contributed by atoms with Gasteiger partial charge in [0.25, 0.3) is 0 Å². The zero-order chi connectivity index (χ0) is 27.4. The summed E-state index contributed by atoms with van der Waals surface area (Å²) >= 11 is 0. The van der Waals surface area contributed by atoms with Gasteiger partial charge in [-0.05, 0) is 112 Å². The van der Waals surface area contributed by atoms with Gasteiger partial charge in [0.15, 0.2) is 8.32 Å². The van der Waals surface area contributed by atoms with Crippen LogP contribution in [-0.2, 0) is 23.5 Å². The summed E-state index contributed by atoms with van der Waals surface area (Å²) in [5.74, 6) is 0.659. The second-order valence-corrected chi connectivity index (χ2v) is 19.3. The predicted molar refractivity (Wildman–Crippen MR) is 149 cm³/mol. The molecular weight excluding hydrogens is 480 g/mol. The molecule has 0 N–H and O–H groups in total. The molecule has 0 aromatic carbocycles. The Bertz CT molecular complexity index is 919. The van der Waals surface area contributed by atoms with Crippen LogP contribution in [0.1, 0.15) is 99.8 Å². The highest BCUT2D eigenvalue weighted by molar-refractivity contribution is 6.74. The van der Waals surface area contributed by atoms with Crippen molar-refractivity contribution < 1.29 is 23.5 Å². The summed E-state index contributed by atoms with van der Waals surface area (Å²) < 4.78 is 17.4. The Balaban J connectivity index is 1.46. The standard InChI is InChI=1S/C31H52O5Si/c1-10-34-27(32)28(33)35-20(2)24-13-14-25-23-12-11-21-19-22(36-37(8,9)29(3,4)5)15-17-30(21,6)26(23)16-18-31(24,25)7/h11,20,22-26H,10,12-19H2,1-9H3/t20-,22?,23-,24+,25-,26-,30-,31+/m0/s1. The number of fused-ring (bicyclic) bond motifs is 5. The molecular formula is C31H52O5Si. The molecule has 3 fully saturated rings. The fourth-order valence-electron chi connectivity index (χ4n) is 8.62. The molecule has 37 heavy (non-hydrogen) atoms.